The minimum Gasteiger partial charge on any atom is -0.466 e. The molecule has 0 bridgehead atoms. The van der Waals surface area contributed by atoms with Crippen LogP contribution in [0, 0.1) is 17.7 Å². The van der Waals surface area contributed by atoms with Gasteiger partial charge in [0.05, 0.1) is 30.9 Å². The smallest absolute Gasteiger partial charge is 0.338 e. The molecule has 4 aliphatic rings. The Hall–Kier alpha value is -4.28. The summed E-state index contributed by atoms with van der Waals surface area (Å²) in [5, 5.41) is 16.2. The number of halogens is 2. The van der Waals surface area contributed by atoms with Gasteiger partial charge in [0.15, 0.2) is 10.8 Å². The molecule has 2 N–H and O–H groups in total. The molecule has 47 heavy (non-hydrogen) atoms. The van der Waals surface area contributed by atoms with Crippen molar-refractivity contribution in [2.45, 2.75) is 30.5 Å². The first kappa shape index (κ1) is 31.3. The molecule has 2 saturated heterocycles. The molecular weight excluding hydrogens is 643 g/mol. The highest BCUT2D eigenvalue weighted by molar-refractivity contribution is 7.11. The third-order valence-electron chi connectivity index (χ3n) is 8.97. The Morgan fingerprint density at radius 2 is 2.02 bits per heavy atom. The third kappa shape index (κ3) is 6.36. The molecule has 242 valence electrons. The first-order valence-corrected chi connectivity index (χ1v) is 16.6. The molecule has 4 heterocycles. The van der Waals surface area contributed by atoms with E-state index in [9.17, 15) is 19.1 Å². The molecule has 1 aliphatic carbocycles. The van der Waals surface area contributed by atoms with Gasteiger partial charge in [-0.15, -0.1) is 11.3 Å². The van der Waals surface area contributed by atoms with Gasteiger partial charge in [0, 0.05) is 66.1 Å². The van der Waals surface area contributed by atoms with Gasteiger partial charge in [-0.25, -0.2) is 19.0 Å². The van der Waals surface area contributed by atoms with Crippen LogP contribution in [-0.2, 0) is 15.1 Å². The second kappa shape index (κ2) is 12.7. The van der Waals surface area contributed by atoms with Crippen molar-refractivity contribution in [3.8, 4) is 11.8 Å². The number of fused-ring (bicyclic) bond motifs is 1. The van der Waals surface area contributed by atoms with E-state index in [1.54, 1.807) is 11.1 Å². The fraction of sp³-hybridized carbons (Fsp3) is 0.353. The van der Waals surface area contributed by atoms with E-state index in [0.717, 1.165) is 24.0 Å². The van der Waals surface area contributed by atoms with Gasteiger partial charge in [-0.3, -0.25) is 9.89 Å². The van der Waals surface area contributed by atoms with Gasteiger partial charge in [0.25, 0.3) is 0 Å². The van der Waals surface area contributed by atoms with Crippen LogP contribution >= 0.6 is 22.9 Å². The molecule has 13 heteroatoms. The zero-order chi connectivity index (χ0) is 32.7. The van der Waals surface area contributed by atoms with Crippen molar-refractivity contribution in [3.63, 3.8) is 0 Å². The zero-order valence-electron chi connectivity index (χ0n) is 25.6. The number of aliphatic imine (C=N–C) groups is 1. The van der Waals surface area contributed by atoms with E-state index in [2.05, 4.69) is 27.0 Å². The van der Waals surface area contributed by atoms with E-state index in [-0.39, 0.29) is 22.7 Å². The van der Waals surface area contributed by atoms with Crippen molar-refractivity contribution in [3.05, 3.63) is 97.8 Å². The number of piperazine rings is 1. The number of urea groups is 1. The highest BCUT2D eigenvalue weighted by atomic mass is 35.5. The summed E-state index contributed by atoms with van der Waals surface area (Å²) in [4.78, 5) is 41.6. The number of thiazole rings is 1. The molecule has 10 nitrogen and oxygen atoms in total. The summed E-state index contributed by atoms with van der Waals surface area (Å²) in [5.41, 5.74) is 2.42. The number of aliphatic hydroxyl groups is 1. The molecule has 2 atom stereocenters. The predicted molar refractivity (Wildman–Crippen MR) is 175 cm³/mol. The Kier molecular flexibility index (Phi) is 8.48. The first-order valence-electron chi connectivity index (χ1n) is 15.3. The number of ether oxygens (including phenoxy) is 1. The number of aromatic nitrogens is 1. The predicted octanol–water partition coefficient (Wildman–Crippen LogP) is 3.91. The number of rotatable bonds is 7. The second-order valence-corrected chi connectivity index (χ2v) is 13.4. The van der Waals surface area contributed by atoms with Gasteiger partial charge in [-0.05, 0) is 42.7 Å². The lowest BCUT2D eigenvalue weighted by atomic mass is 9.95. The van der Waals surface area contributed by atoms with E-state index in [1.165, 1.54) is 36.6 Å². The summed E-state index contributed by atoms with van der Waals surface area (Å²) in [6, 6.07) is 10.7. The number of hydrogen-bond donors (Lipinski definition) is 2. The van der Waals surface area contributed by atoms with Crippen LogP contribution in [0.25, 0.3) is 0 Å². The van der Waals surface area contributed by atoms with Crippen molar-refractivity contribution in [2.24, 2.45) is 4.99 Å². The quantitative estimate of drug-likeness (QED) is 0.289. The van der Waals surface area contributed by atoms with Crippen LogP contribution in [0.15, 0.2) is 70.3 Å². The molecule has 0 spiro atoms. The van der Waals surface area contributed by atoms with E-state index in [4.69, 9.17) is 21.3 Å². The number of amides is 2. The van der Waals surface area contributed by atoms with Crippen molar-refractivity contribution < 1.29 is 23.8 Å². The van der Waals surface area contributed by atoms with E-state index in [0.29, 0.717) is 61.4 Å². The average Bonchev–Trinajstić information content (AvgIpc) is 3.44. The summed E-state index contributed by atoms with van der Waals surface area (Å²) in [6.45, 7) is 2.90. The number of nitrogens with one attached hydrogen (secondary N) is 1. The van der Waals surface area contributed by atoms with Gasteiger partial charge >= 0.3 is 12.0 Å². The Morgan fingerprint density at radius 1 is 1.21 bits per heavy atom. The Labute approximate surface area is 280 Å². The summed E-state index contributed by atoms with van der Waals surface area (Å²) in [5.74, 6) is 5.69. The Bertz CT molecular complexity index is 1830. The average molecular weight is 675 g/mol. The highest BCUT2D eigenvalue weighted by Gasteiger charge is 2.43. The van der Waals surface area contributed by atoms with Crippen molar-refractivity contribution in [2.75, 3.05) is 46.4 Å². The van der Waals surface area contributed by atoms with Crippen LogP contribution in [0.5, 0.6) is 0 Å². The largest absolute Gasteiger partial charge is 0.466 e. The number of carbonyl (C=O) groups is 2. The summed E-state index contributed by atoms with van der Waals surface area (Å²) < 4.78 is 19.2. The third-order valence-corrected chi connectivity index (χ3v) is 10.1. The van der Waals surface area contributed by atoms with Gasteiger partial charge in [-0.2, -0.15) is 0 Å². The van der Waals surface area contributed by atoms with Crippen LogP contribution in [0.3, 0.4) is 0 Å². The molecule has 2 amide bonds. The molecule has 1 aromatic heterocycles. The fourth-order valence-corrected chi connectivity index (χ4v) is 7.18. The maximum atomic E-state index is 14.0. The number of carbonyl (C=O) groups excluding carboxylic acids is 2. The normalized spacial score (nSPS) is 21.9. The molecule has 1 saturated carbocycles. The number of hydrogen-bond acceptors (Lipinski definition) is 9. The lowest BCUT2D eigenvalue weighted by Gasteiger charge is -2.38. The molecular formula is C34H32ClFN6O4S. The molecule has 3 fully saturated rings. The molecule has 3 aromatic rings. The van der Waals surface area contributed by atoms with E-state index in [1.807, 2.05) is 34.5 Å². The van der Waals surface area contributed by atoms with Crippen LogP contribution in [-0.4, -0.2) is 95.0 Å². The second-order valence-electron chi connectivity index (χ2n) is 12.0. The SMILES string of the molecule is COC(=O)C1=C(CN2CCN3C(=O)N(CC#Cc4ccc(C5(O)CC5)cc4)CC3C2)NC(c2nccs2)=NC1c1ccc(F)cc1Cl. The van der Waals surface area contributed by atoms with Gasteiger partial charge in [0.2, 0.25) is 0 Å². The highest BCUT2D eigenvalue weighted by Crippen LogP contribution is 2.45. The Morgan fingerprint density at radius 3 is 2.72 bits per heavy atom. The molecule has 2 aromatic carbocycles. The number of amidine groups is 1. The number of benzene rings is 2. The van der Waals surface area contributed by atoms with Crippen molar-refractivity contribution in [1.82, 2.24) is 25.0 Å². The molecule has 7 rings (SSSR count). The Balaban J connectivity index is 1.08. The summed E-state index contributed by atoms with van der Waals surface area (Å²) >= 11 is 7.88. The summed E-state index contributed by atoms with van der Waals surface area (Å²) in [6.07, 6.45) is 3.25. The first-order chi connectivity index (χ1) is 22.7. The van der Waals surface area contributed by atoms with Crippen LogP contribution in [0.2, 0.25) is 5.02 Å². The number of nitrogens with zero attached hydrogens (tertiary/aromatic N) is 5. The van der Waals surface area contributed by atoms with Gasteiger partial charge in [-0.1, -0.05) is 41.6 Å². The lowest BCUT2D eigenvalue weighted by Crippen LogP contribution is -2.53. The van der Waals surface area contributed by atoms with Crippen LogP contribution in [0.1, 0.15) is 40.6 Å². The van der Waals surface area contributed by atoms with Gasteiger partial charge < -0.3 is 25.0 Å². The van der Waals surface area contributed by atoms with Crippen LogP contribution in [0.4, 0.5) is 9.18 Å². The topological polar surface area (TPSA) is 111 Å². The summed E-state index contributed by atoms with van der Waals surface area (Å²) in [7, 11) is 1.31. The maximum absolute atomic E-state index is 14.0. The minimum atomic E-state index is -0.844. The molecule has 3 aliphatic heterocycles. The minimum absolute atomic E-state index is 0.0373. The zero-order valence-corrected chi connectivity index (χ0v) is 27.2. The van der Waals surface area contributed by atoms with Crippen LogP contribution < -0.4 is 5.32 Å². The number of esters is 1. The molecule has 2 unspecified atom stereocenters. The van der Waals surface area contributed by atoms with Crippen molar-refractivity contribution in [1.29, 1.82) is 0 Å². The molecule has 0 radical (unpaired) electrons. The lowest BCUT2D eigenvalue weighted by molar-refractivity contribution is -0.136. The standard InChI is InChI=1S/C34H32ClFN6O4S/c1-46-32(43)28-27(38-30(31-37-12-16-47-31)39-29(28)25-9-8-23(36)17-26(25)35)20-40-14-15-42-24(18-40)19-41(33(42)44)13-2-3-21-4-6-22(7-5-21)34(45)10-11-34/h4-9,12,16-17,24,29,45H,10-11,13-15,18-20H2,1H3,(H,38,39). The fourth-order valence-electron chi connectivity index (χ4n) is 6.32. The van der Waals surface area contributed by atoms with E-state index < -0.39 is 23.4 Å². The van der Waals surface area contributed by atoms with E-state index >= 15 is 0 Å². The monoisotopic (exact) mass is 674 g/mol. The number of methoxy groups -OCH3 is 1. The van der Waals surface area contributed by atoms with Crippen molar-refractivity contribution >= 4 is 40.8 Å². The van der Waals surface area contributed by atoms with Gasteiger partial charge in [0.1, 0.15) is 11.9 Å². The maximum Gasteiger partial charge on any atom is 0.338 e.